The number of hydrogen-bond acceptors (Lipinski definition) is 4. The van der Waals surface area contributed by atoms with Crippen molar-refractivity contribution in [3.05, 3.63) is 29.8 Å². The Morgan fingerprint density at radius 2 is 2.12 bits per heavy atom. The van der Waals surface area contributed by atoms with Crippen molar-refractivity contribution in [3.63, 3.8) is 0 Å². The van der Waals surface area contributed by atoms with Gasteiger partial charge in [-0.2, -0.15) is 0 Å². The zero-order valence-corrected chi connectivity index (χ0v) is 16.1. The van der Waals surface area contributed by atoms with Crippen LogP contribution in [-0.4, -0.2) is 52.6 Å². The van der Waals surface area contributed by atoms with Crippen LogP contribution in [0.1, 0.15) is 31.7 Å². The number of guanidine groups is 1. The lowest BCUT2D eigenvalue weighted by atomic mass is 10.0. The SMILES string of the molecule is CCNC(=NCc1cccc(OC)c1)NCCCOCC1CCOCC1. The number of rotatable bonds is 10. The molecule has 1 aliphatic heterocycles. The minimum atomic E-state index is 0.618. The highest BCUT2D eigenvalue weighted by atomic mass is 16.5. The average Bonchev–Trinajstić information content (AvgIpc) is 2.69. The van der Waals surface area contributed by atoms with Crippen molar-refractivity contribution in [3.8, 4) is 5.75 Å². The second-order valence-electron chi connectivity index (χ2n) is 6.46. The minimum Gasteiger partial charge on any atom is -0.497 e. The Labute approximate surface area is 157 Å². The van der Waals surface area contributed by atoms with E-state index in [4.69, 9.17) is 14.2 Å². The Kier molecular flexibility index (Phi) is 9.90. The van der Waals surface area contributed by atoms with Crippen molar-refractivity contribution in [2.45, 2.75) is 32.7 Å². The number of benzene rings is 1. The molecule has 0 spiro atoms. The van der Waals surface area contributed by atoms with Gasteiger partial charge in [0.1, 0.15) is 5.75 Å². The van der Waals surface area contributed by atoms with Crippen LogP contribution in [0.25, 0.3) is 0 Å². The number of nitrogens with one attached hydrogen (secondary N) is 2. The number of hydrogen-bond donors (Lipinski definition) is 2. The van der Waals surface area contributed by atoms with Crippen molar-refractivity contribution >= 4 is 5.96 Å². The van der Waals surface area contributed by atoms with Crippen LogP contribution < -0.4 is 15.4 Å². The monoisotopic (exact) mass is 363 g/mol. The first-order valence-corrected chi connectivity index (χ1v) is 9.62. The van der Waals surface area contributed by atoms with Crippen molar-refractivity contribution in [2.75, 3.05) is 46.6 Å². The van der Waals surface area contributed by atoms with Gasteiger partial charge in [0.25, 0.3) is 0 Å². The van der Waals surface area contributed by atoms with Crippen LogP contribution in [0.3, 0.4) is 0 Å². The summed E-state index contributed by atoms with van der Waals surface area (Å²) in [6.07, 6.45) is 3.21. The van der Waals surface area contributed by atoms with Gasteiger partial charge in [0.2, 0.25) is 0 Å². The summed E-state index contributed by atoms with van der Waals surface area (Å²) < 4.78 is 16.4. The summed E-state index contributed by atoms with van der Waals surface area (Å²) in [5.41, 5.74) is 1.13. The maximum absolute atomic E-state index is 5.80. The van der Waals surface area contributed by atoms with Crippen LogP contribution in [0.5, 0.6) is 5.75 Å². The largest absolute Gasteiger partial charge is 0.497 e. The number of nitrogens with zero attached hydrogens (tertiary/aromatic N) is 1. The summed E-state index contributed by atoms with van der Waals surface area (Å²) in [4.78, 5) is 4.63. The van der Waals surface area contributed by atoms with Crippen LogP contribution in [0.2, 0.25) is 0 Å². The first kappa shape index (κ1) is 20.5. The van der Waals surface area contributed by atoms with E-state index in [1.807, 2.05) is 18.2 Å². The lowest BCUT2D eigenvalue weighted by molar-refractivity contribution is 0.0203. The molecule has 1 heterocycles. The van der Waals surface area contributed by atoms with Crippen LogP contribution in [0, 0.1) is 5.92 Å². The molecule has 0 amide bonds. The molecule has 2 rings (SSSR count). The van der Waals surface area contributed by atoms with Gasteiger partial charge in [-0.15, -0.1) is 0 Å². The summed E-state index contributed by atoms with van der Waals surface area (Å²) in [6.45, 7) is 7.76. The number of ether oxygens (including phenoxy) is 3. The molecule has 2 N–H and O–H groups in total. The molecule has 6 heteroatoms. The van der Waals surface area contributed by atoms with Crippen LogP contribution >= 0.6 is 0 Å². The highest BCUT2D eigenvalue weighted by Gasteiger charge is 2.13. The number of aliphatic imine (C=N–C) groups is 1. The molecule has 26 heavy (non-hydrogen) atoms. The van der Waals surface area contributed by atoms with E-state index in [-0.39, 0.29) is 0 Å². The molecular weight excluding hydrogens is 330 g/mol. The summed E-state index contributed by atoms with van der Waals surface area (Å²) in [5, 5.41) is 6.64. The Bertz CT molecular complexity index is 531. The van der Waals surface area contributed by atoms with Crippen molar-refractivity contribution in [1.82, 2.24) is 10.6 Å². The van der Waals surface area contributed by atoms with E-state index in [0.29, 0.717) is 12.5 Å². The van der Waals surface area contributed by atoms with Gasteiger partial charge in [-0.05, 0) is 49.8 Å². The lowest BCUT2D eigenvalue weighted by Gasteiger charge is -2.21. The molecule has 0 bridgehead atoms. The third kappa shape index (κ3) is 8.06. The Morgan fingerprint density at radius 3 is 2.88 bits per heavy atom. The summed E-state index contributed by atoms with van der Waals surface area (Å²) in [5.74, 6) is 2.36. The molecule has 1 aliphatic rings. The number of methoxy groups -OCH3 is 1. The zero-order valence-electron chi connectivity index (χ0n) is 16.1. The van der Waals surface area contributed by atoms with E-state index in [1.165, 1.54) is 0 Å². The first-order valence-electron chi connectivity index (χ1n) is 9.62. The van der Waals surface area contributed by atoms with Gasteiger partial charge < -0.3 is 24.8 Å². The minimum absolute atomic E-state index is 0.618. The second kappa shape index (κ2) is 12.5. The standard InChI is InChI=1S/C20H33N3O3/c1-3-21-20(23-15-18-6-4-7-19(14-18)24-2)22-10-5-11-26-16-17-8-12-25-13-9-17/h4,6-7,14,17H,3,5,8-13,15-16H2,1-2H3,(H2,21,22,23). The fraction of sp³-hybridized carbons (Fsp3) is 0.650. The highest BCUT2D eigenvalue weighted by Crippen LogP contribution is 2.15. The van der Waals surface area contributed by atoms with Crippen LogP contribution in [-0.2, 0) is 16.0 Å². The normalized spacial score (nSPS) is 15.7. The third-order valence-corrected chi connectivity index (χ3v) is 4.35. The fourth-order valence-electron chi connectivity index (χ4n) is 2.83. The van der Waals surface area contributed by atoms with Gasteiger partial charge in [0, 0.05) is 39.5 Å². The summed E-state index contributed by atoms with van der Waals surface area (Å²) >= 11 is 0. The Balaban J connectivity index is 1.64. The highest BCUT2D eigenvalue weighted by molar-refractivity contribution is 5.79. The predicted molar refractivity (Wildman–Crippen MR) is 105 cm³/mol. The average molecular weight is 364 g/mol. The van der Waals surface area contributed by atoms with E-state index in [1.54, 1.807) is 7.11 Å². The molecule has 1 fully saturated rings. The van der Waals surface area contributed by atoms with E-state index < -0.39 is 0 Å². The molecule has 0 aliphatic carbocycles. The molecule has 0 aromatic heterocycles. The van der Waals surface area contributed by atoms with Crippen LogP contribution in [0.15, 0.2) is 29.3 Å². The van der Waals surface area contributed by atoms with Crippen molar-refractivity contribution in [1.29, 1.82) is 0 Å². The third-order valence-electron chi connectivity index (χ3n) is 4.35. The van der Waals surface area contributed by atoms with Gasteiger partial charge in [0.15, 0.2) is 5.96 Å². The molecule has 1 aromatic carbocycles. The zero-order chi connectivity index (χ0) is 18.5. The van der Waals surface area contributed by atoms with Gasteiger partial charge in [0.05, 0.1) is 13.7 Å². The molecule has 0 saturated carbocycles. The van der Waals surface area contributed by atoms with E-state index >= 15 is 0 Å². The lowest BCUT2D eigenvalue weighted by Crippen LogP contribution is -2.38. The maximum atomic E-state index is 5.80. The van der Waals surface area contributed by atoms with E-state index in [9.17, 15) is 0 Å². The van der Waals surface area contributed by atoms with Gasteiger partial charge in [-0.1, -0.05) is 12.1 Å². The fourth-order valence-corrected chi connectivity index (χ4v) is 2.83. The van der Waals surface area contributed by atoms with E-state index in [0.717, 1.165) is 76.1 Å². The molecule has 0 radical (unpaired) electrons. The molecule has 0 atom stereocenters. The maximum Gasteiger partial charge on any atom is 0.191 e. The van der Waals surface area contributed by atoms with Gasteiger partial charge in [-0.3, -0.25) is 0 Å². The Hall–Kier alpha value is -1.79. The first-order chi connectivity index (χ1) is 12.8. The smallest absolute Gasteiger partial charge is 0.191 e. The second-order valence-corrected chi connectivity index (χ2v) is 6.46. The quantitative estimate of drug-likeness (QED) is 0.380. The van der Waals surface area contributed by atoms with Gasteiger partial charge >= 0.3 is 0 Å². The van der Waals surface area contributed by atoms with Crippen LogP contribution in [0.4, 0.5) is 0 Å². The summed E-state index contributed by atoms with van der Waals surface area (Å²) in [6, 6.07) is 7.99. The molecular formula is C20H33N3O3. The van der Waals surface area contributed by atoms with E-state index in [2.05, 4.69) is 28.6 Å². The molecule has 1 aromatic rings. The molecule has 0 unspecified atom stereocenters. The molecule has 6 nitrogen and oxygen atoms in total. The van der Waals surface area contributed by atoms with Crippen molar-refractivity contribution < 1.29 is 14.2 Å². The van der Waals surface area contributed by atoms with Gasteiger partial charge in [-0.25, -0.2) is 4.99 Å². The summed E-state index contributed by atoms with van der Waals surface area (Å²) in [7, 11) is 1.68. The molecule has 1 saturated heterocycles. The Morgan fingerprint density at radius 1 is 1.27 bits per heavy atom. The predicted octanol–water partition coefficient (Wildman–Crippen LogP) is 2.58. The topological polar surface area (TPSA) is 64.1 Å². The van der Waals surface area contributed by atoms with Crippen molar-refractivity contribution in [2.24, 2.45) is 10.9 Å². The molecule has 146 valence electrons.